The van der Waals surface area contributed by atoms with Gasteiger partial charge in [-0.05, 0) is 26.8 Å². The van der Waals surface area contributed by atoms with E-state index in [0.717, 1.165) is 42.4 Å². The molecule has 5 nitrogen and oxygen atoms in total. The number of hydrogen-bond donors (Lipinski definition) is 1. The minimum atomic E-state index is 0.688. The van der Waals surface area contributed by atoms with Crippen molar-refractivity contribution in [1.82, 2.24) is 20.0 Å². The Morgan fingerprint density at radius 1 is 1.39 bits per heavy atom. The topological polar surface area (TPSA) is 55.9 Å². The summed E-state index contributed by atoms with van der Waals surface area (Å²) in [5.41, 5.74) is 3.17. The average Bonchev–Trinajstić information content (AvgIpc) is 2.92. The number of hydrogen-bond acceptors (Lipinski definition) is 4. The molecule has 0 radical (unpaired) electrons. The average molecular weight is 248 g/mol. The van der Waals surface area contributed by atoms with Gasteiger partial charge in [-0.3, -0.25) is 0 Å². The van der Waals surface area contributed by atoms with Gasteiger partial charge in [0.25, 0.3) is 0 Å². The second kappa shape index (κ2) is 5.82. The molecule has 18 heavy (non-hydrogen) atoms. The first kappa shape index (κ1) is 12.8. The first-order chi connectivity index (χ1) is 8.70. The monoisotopic (exact) mass is 248 g/mol. The van der Waals surface area contributed by atoms with Gasteiger partial charge in [0.2, 0.25) is 0 Å². The van der Waals surface area contributed by atoms with Crippen molar-refractivity contribution in [1.29, 1.82) is 0 Å². The third kappa shape index (κ3) is 2.98. The fourth-order valence-electron chi connectivity index (χ4n) is 1.78. The number of nitrogens with one attached hydrogen (secondary N) is 1. The molecule has 2 aromatic heterocycles. The van der Waals surface area contributed by atoms with Crippen LogP contribution in [-0.2, 0) is 13.1 Å². The first-order valence-corrected chi connectivity index (χ1v) is 6.34. The van der Waals surface area contributed by atoms with Crippen LogP contribution in [0.15, 0.2) is 16.9 Å². The van der Waals surface area contributed by atoms with Crippen molar-refractivity contribution in [2.24, 2.45) is 0 Å². The number of imidazole rings is 1. The van der Waals surface area contributed by atoms with Crippen molar-refractivity contribution in [2.45, 2.75) is 40.3 Å². The van der Waals surface area contributed by atoms with E-state index in [-0.39, 0.29) is 0 Å². The normalized spacial score (nSPS) is 11.1. The molecule has 0 bridgehead atoms. The molecule has 2 heterocycles. The Hall–Kier alpha value is -1.62. The summed E-state index contributed by atoms with van der Waals surface area (Å²) < 4.78 is 7.39. The predicted octanol–water partition coefficient (Wildman–Crippen LogP) is 2.04. The molecule has 1 N–H and O–H groups in total. The molecule has 98 valence electrons. The van der Waals surface area contributed by atoms with E-state index in [1.807, 2.05) is 19.3 Å². The molecule has 0 aliphatic carbocycles. The molecule has 0 aliphatic rings. The van der Waals surface area contributed by atoms with Crippen LogP contribution in [0.5, 0.6) is 0 Å². The summed E-state index contributed by atoms with van der Waals surface area (Å²) in [5, 5.41) is 7.35. The second-order valence-corrected chi connectivity index (χ2v) is 4.50. The Morgan fingerprint density at radius 2 is 2.22 bits per heavy atom. The molecule has 0 saturated heterocycles. The second-order valence-electron chi connectivity index (χ2n) is 4.50. The fourth-order valence-corrected chi connectivity index (χ4v) is 1.78. The highest BCUT2D eigenvalue weighted by Gasteiger charge is 2.07. The van der Waals surface area contributed by atoms with Gasteiger partial charge in [0.1, 0.15) is 0 Å². The van der Waals surface area contributed by atoms with Gasteiger partial charge in [0.05, 0.1) is 24.3 Å². The van der Waals surface area contributed by atoms with Crippen LogP contribution < -0.4 is 5.32 Å². The molecule has 0 atom stereocenters. The Balaban J connectivity index is 1.96. The lowest BCUT2D eigenvalue weighted by molar-refractivity contribution is 0.368. The van der Waals surface area contributed by atoms with Crippen molar-refractivity contribution in [3.8, 4) is 0 Å². The summed E-state index contributed by atoms with van der Waals surface area (Å²) in [6.45, 7) is 8.66. The molecule has 0 fully saturated rings. The van der Waals surface area contributed by atoms with Gasteiger partial charge in [-0.1, -0.05) is 12.1 Å². The van der Waals surface area contributed by atoms with Crippen LogP contribution >= 0.6 is 0 Å². The maximum absolute atomic E-state index is 5.32. The lowest BCUT2D eigenvalue weighted by Crippen LogP contribution is -2.13. The number of aryl methyl sites for hydroxylation is 1. The zero-order valence-electron chi connectivity index (χ0n) is 11.2. The number of aromatic nitrogens is 3. The Labute approximate surface area is 107 Å². The first-order valence-electron chi connectivity index (χ1n) is 6.34. The largest absolute Gasteiger partial charge is 0.359 e. The molecule has 5 heteroatoms. The molecule has 2 aromatic rings. The molecule has 0 aromatic carbocycles. The summed E-state index contributed by atoms with van der Waals surface area (Å²) in [6.07, 6.45) is 2.96. The minimum Gasteiger partial charge on any atom is -0.359 e. The maximum Gasteiger partial charge on any atom is 0.156 e. The van der Waals surface area contributed by atoms with Crippen LogP contribution in [0.1, 0.15) is 36.2 Å². The Bertz CT molecular complexity index is 501. The molecule has 0 aliphatic heterocycles. The number of rotatable bonds is 6. The summed E-state index contributed by atoms with van der Waals surface area (Å²) in [6, 6.07) is 2.00. The molecule has 0 unspecified atom stereocenters. The van der Waals surface area contributed by atoms with Crippen LogP contribution in [0.3, 0.4) is 0 Å². The predicted molar refractivity (Wildman–Crippen MR) is 69.3 cm³/mol. The van der Waals surface area contributed by atoms with Gasteiger partial charge in [-0.15, -0.1) is 0 Å². The summed E-state index contributed by atoms with van der Waals surface area (Å²) in [5.74, 6) is 0.865. The lowest BCUT2D eigenvalue weighted by atomic mass is 10.3. The molecule has 0 saturated carbocycles. The standard InChI is InChI=1S/C13H20N4O/c1-4-5-14-7-12-6-13(18-16-12)8-17-9-15-10(2)11(17)3/h6,9,14H,4-5,7-8H2,1-3H3. The number of nitrogens with zero attached hydrogens (tertiary/aromatic N) is 3. The third-order valence-electron chi connectivity index (χ3n) is 3.01. The van der Waals surface area contributed by atoms with Crippen molar-refractivity contribution in [3.63, 3.8) is 0 Å². The van der Waals surface area contributed by atoms with Crippen molar-refractivity contribution >= 4 is 0 Å². The van der Waals surface area contributed by atoms with Gasteiger partial charge >= 0.3 is 0 Å². The summed E-state index contributed by atoms with van der Waals surface area (Å²) in [4.78, 5) is 4.27. The third-order valence-corrected chi connectivity index (χ3v) is 3.01. The van der Waals surface area contributed by atoms with Crippen LogP contribution in [-0.4, -0.2) is 21.3 Å². The van der Waals surface area contributed by atoms with Crippen molar-refractivity contribution < 1.29 is 4.52 Å². The van der Waals surface area contributed by atoms with E-state index < -0.39 is 0 Å². The van der Waals surface area contributed by atoms with Crippen LogP contribution in [0, 0.1) is 13.8 Å². The SMILES string of the molecule is CCCNCc1cc(Cn2cnc(C)c2C)on1. The highest BCUT2D eigenvalue weighted by atomic mass is 16.5. The summed E-state index contributed by atoms with van der Waals surface area (Å²) in [7, 11) is 0. The van der Waals surface area contributed by atoms with Gasteiger partial charge in [-0.25, -0.2) is 4.98 Å². The Kier molecular flexibility index (Phi) is 4.15. The highest BCUT2D eigenvalue weighted by Crippen LogP contribution is 2.10. The molecule has 0 spiro atoms. The molecular formula is C13H20N4O. The zero-order valence-corrected chi connectivity index (χ0v) is 11.2. The van der Waals surface area contributed by atoms with E-state index in [1.54, 1.807) is 0 Å². The van der Waals surface area contributed by atoms with Crippen LogP contribution in [0.4, 0.5) is 0 Å². The van der Waals surface area contributed by atoms with E-state index in [0.29, 0.717) is 6.54 Å². The quantitative estimate of drug-likeness (QED) is 0.795. The van der Waals surface area contributed by atoms with Crippen molar-refractivity contribution in [3.05, 3.63) is 35.2 Å². The van der Waals surface area contributed by atoms with E-state index in [9.17, 15) is 0 Å². The van der Waals surface area contributed by atoms with Gasteiger partial charge in [0, 0.05) is 18.3 Å². The lowest BCUT2D eigenvalue weighted by Gasteiger charge is -2.01. The molecule has 0 amide bonds. The van der Waals surface area contributed by atoms with Crippen LogP contribution in [0.2, 0.25) is 0 Å². The minimum absolute atomic E-state index is 0.688. The van der Waals surface area contributed by atoms with E-state index in [1.165, 1.54) is 0 Å². The fraction of sp³-hybridized carbons (Fsp3) is 0.538. The molecular weight excluding hydrogens is 228 g/mol. The molecule has 2 rings (SSSR count). The van der Waals surface area contributed by atoms with Gasteiger partial charge in [0.15, 0.2) is 5.76 Å². The van der Waals surface area contributed by atoms with Crippen LogP contribution in [0.25, 0.3) is 0 Å². The smallest absolute Gasteiger partial charge is 0.156 e. The van der Waals surface area contributed by atoms with Gasteiger partial charge < -0.3 is 14.4 Å². The van der Waals surface area contributed by atoms with E-state index >= 15 is 0 Å². The van der Waals surface area contributed by atoms with E-state index in [4.69, 9.17) is 4.52 Å². The van der Waals surface area contributed by atoms with E-state index in [2.05, 4.69) is 33.9 Å². The maximum atomic E-state index is 5.32. The zero-order chi connectivity index (χ0) is 13.0. The summed E-state index contributed by atoms with van der Waals surface area (Å²) >= 11 is 0. The highest BCUT2D eigenvalue weighted by molar-refractivity contribution is 5.12. The Morgan fingerprint density at radius 3 is 2.89 bits per heavy atom. The van der Waals surface area contributed by atoms with Crippen molar-refractivity contribution in [2.75, 3.05) is 6.54 Å². The van der Waals surface area contributed by atoms with Gasteiger partial charge in [-0.2, -0.15) is 0 Å².